The molecule has 2 heteroatoms. The minimum atomic E-state index is 0.873. The van der Waals surface area contributed by atoms with Crippen LogP contribution in [0.25, 0.3) is 0 Å². The molecule has 0 aliphatic heterocycles. The Morgan fingerprint density at radius 2 is 2.55 bits per heavy atom. The highest BCUT2D eigenvalue weighted by molar-refractivity contribution is 6.08. The van der Waals surface area contributed by atoms with Gasteiger partial charge in [0.05, 0.1) is 5.71 Å². The van der Waals surface area contributed by atoms with Crippen molar-refractivity contribution >= 4 is 5.71 Å². The molecule has 0 saturated carbocycles. The van der Waals surface area contributed by atoms with Gasteiger partial charge < -0.3 is 0 Å². The van der Waals surface area contributed by atoms with Crippen molar-refractivity contribution in [2.75, 3.05) is 7.05 Å². The zero-order valence-electron chi connectivity index (χ0n) is 6.49. The number of hydrogen-bond donors (Lipinski definition) is 0. The first-order chi connectivity index (χ1) is 5.38. The highest BCUT2D eigenvalue weighted by Gasteiger charge is 1.94. The molecule has 0 amide bonds. The number of aromatic nitrogens is 1. The molecule has 1 aromatic heterocycles. The van der Waals surface area contributed by atoms with Crippen molar-refractivity contribution in [2.24, 2.45) is 4.99 Å². The van der Waals surface area contributed by atoms with Gasteiger partial charge in [-0.2, -0.15) is 0 Å². The molecule has 0 aliphatic carbocycles. The van der Waals surface area contributed by atoms with E-state index >= 15 is 0 Å². The first kappa shape index (κ1) is 7.66. The lowest BCUT2D eigenvalue weighted by molar-refractivity contribution is 1.31. The van der Waals surface area contributed by atoms with E-state index in [1.807, 2.05) is 12.1 Å². The predicted molar refractivity (Wildman–Crippen MR) is 46.9 cm³/mol. The molecule has 1 heterocycles. The van der Waals surface area contributed by atoms with Gasteiger partial charge in [-0.25, -0.2) is 0 Å². The molecule has 0 unspecified atom stereocenters. The lowest BCUT2D eigenvalue weighted by atomic mass is 10.2. The number of rotatable bonds is 2. The predicted octanol–water partition coefficient (Wildman–Crippen LogP) is 1.69. The maximum atomic E-state index is 4.04. The summed E-state index contributed by atoms with van der Waals surface area (Å²) in [5.74, 6) is 0. The summed E-state index contributed by atoms with van der Waals surface area (Å²) in [6.45, 7) is 3.65. The first-order valence-corrected chi connectivity index (χ1v) is 3.38. The molecule has 1 aromatic rings. The molecule has 0 N–H and O–H groups in total. The summed E-state index contributed by atoms with van der Waals surface area (Å²) >= 11 is 0. The van der Waals surface area contributed by atoms with Crippen LogP contribution in [0.4, 0.5) is 0 Å². The molecule has 0 spiro atoms. The third-order valence-corrected chi connectivity index (χ3v) is 1.39. The molecular formula is C9H10N2. The van der Waals surface area contributed by atoms with Crippen molar-refractivity contribution in [3.05, 3.63) is 42.7 Å². The van der Waals surface area contributed by atoms with Crippen molar-refractivity contribution in [1.29, 1.82) is 0 Å². The number of nitrogens with zero attached hydrogens (tertiary/aromatic N) is 2. The number of hydrogen-bond acceptors (Lipinski definition) is 2. The van der Waals surface area contributed by atoms with E-state index in [4.69, 9.17) is 0 Å². The molecule has 1 rings (SSSR count). The molecule has 0 atom stereocenters. The van der Waals surface area contributed by atoms with E-state index in [0.717, 1.165) is 11.3 Å². The molecule has 2 nitrogen and oxygen atoms in total. The van der Waals surface area contributed by atoms with Gasteiger partial charge >= 0.3 is 0 Å². The molecule has 0 saturated heterocycles. The molecule has 56 valence electrons. The van der Waals surface area contributed by atoms with Gasteiger partial charge in [-0.15, -0.1) is 0 Å². The second kappa shape index (κ2) is 3.66. The van der Waals surface area contributed by atoms with Gasteiger partial charge in [-0.1, -0.05) is 6.58 Å². The van der Waals surface area contributed by atoms with Crippen LogP contribution < -0.4 is 0 Å². The van der Waals surface area contributed by atoms with Gasteiger partial charge in [0.2, 0.25) is 0 Å². The van der Waals surface area contributed by atoms with Crippen LogP contribution >= 0.6 is 0 Å². The van der Waals surface area contributed by atoms with Crippen molar-refractivity contribution in [2.45, 2.75) is 0 Å². The minimum Gasteiger partial charge on any atom is -0.288 e. The maximum absolute atomic E-state index is 4.04. The topological polar surface area (TPSA) is 25.2 Å². The van der Waals surface area contributed by atoms with Crippen LogP contribution in [-0.2, 0) is 0 Å². The number of allylic oxidation sites excluding steroid dienone is 1. The van der Waals surface area contributed by atoms with Crippen molar-refractivity contribution in [3.63, 3.8) is 0 Å². The fourth-order valence-corrected chi connectivity index (χ4v) is 0.853. The standard InChI is InChI=1S/C9H10N2/c1-3-9(10-2)8-5-4-6-11-7-8/h3-7H,1H2,2H3. The lowest BCUT2D eigenvalue weighted by Crippen LogP contribution is -1.95. The van der Waals surface area contributed by atoms with Crippen LogP contribution in [-0.4, -0.2) is 17.7 Å². The van der Waals surface area contributed by atoms with E-state index in [1.54, 1.807) is 25.5 Å². The Bertz CT molecular complexity index is 262. The fourth-order valence-electron chi connectivity index (χ4n) is 0.853. The Morgan fingerprint density at radius 3 is 3.00 bits per heavy atom. The largest absolute Gasteiger partial charge is 0.288 e. The maximum Gasteiger partial charge on any atom is 0.0652 e. The van der Waals surface area contributed by atoms with Gasteiger partial charge in [-0.3, -0.25) is 9.98 Å². The summed E-state index contributed by atoms with van der Waals surface area (Å²) in [7, 11) is 1.74. The zero-order valence-corrected chi connectivity index (χ0v) is 6.49. The van der Waals surface area contributed by atoms with Crippen molar-refractivity contribution in [3.8, 4) is 0 Å². The summed E-state index contributed by atoms with van der Waals surface area (Å²) in [6.07, 6.45) is 5.22. The molecule has 0 aliphatic rings. The van der Waals surface area contributed by atoms with E-state index in [1.165, 1.54) is 0 Å². The second-order valence-corrected chi connectivity index (χ2v) is 2.05. The van der Waals surface area contributed by atoms with Gasteiger partial charge in [0, 0.05) is 25.0 Å². The monoisotopic (exact) mass is 146 g/mol. The molecule has 0 fully saturated rings. The Kier molecular flexibility index (Phi) is 2.55. The van der Waals surface area contributed by atoms with E-state index in [2.05, 4.69) is 16.6 Å². The van der Waals surface area contributed by atoms with Gasteiger partial charge in [0.25, 0.3) is 0 Å². The molecule has 11 heavy (non-hydrogen) atoms. The van der Waals surface area contributed by atoms with Gasteiger partial charge in [0.15, 0.2) is 0 Å². The lowest BCUT2D eigenvalue weighted by Gasteiger charge is -1.96. The molecule has 0 bridgehead atoms. The minimum absolute atomic E-state index is 0.873. The highest BCUT2D eigenvalue weighted by Crippen LogP contribution is 1.98. The van der Waals surface area contributed by atoms with Crippen LogP contribution in [0, 0.1) is 0 Å². The van der Waals surface area contributed by atoms with E-state index in [9.17, 15) is 0 Å². The quantitative estimate of drug-likeness (QED) is 0.583. The smallest absolute Gasteiger partial charge is 0.0652 e. The van der Waals surface area contributed by atoms with E-state index in [-0.39, 0.29) is 0 Å². The fraction of sp³-hybridized carbons (Fsp3) is 0.111. The number of pyridine rings is 1. The molecular weight excluding hydrogens is 136 g/mol. The summed E-state index contributed by atoms with van der Waals surface area (Å²) in [5, 5.41) is 0. The summed E-state index contributed by atoms with van der Waals surface area (Å²) in [6, 6.07) is 3.83. The Balaban J connectivity index is 3.01. The highest BCUT2D eigenvalue weighted by atomic mass is 14.7. The molecule has 0 aromatic carbocycles. The van der Waals surface area contributed by atoms with Crippen LogP contribution in [0.15, 0.2) is 42.2 Å². The van der Waals surface area contributed by atoms with Crippen molar-refractivity contribution in [1.82, 2.24) is 4.98 Å². The van der Waals surface area contributed by atoms with Crippen LogP contribution in [0.3, 0.4) is 0 Å². The summed E-state index contributed by atoms with van der Waals surface area (Å²) < 4.78 is 0. The van der Waals surface area contributed by atoms with Gasteiger partial charge in [0.1, 0.15) is 0 Å². The third kappa shape index (κ3) is 1.74. The Labute approximate surface area is 66.3 Å². The molecule has 0 radical (unpaired) electrons. The van der Waals surface area contributed by atoms with Crippen molar-refractivity contribution < 1.29 is 0 Å². The SMILES string of the molecule is C=CC(=NC)c1cccnc1. The average Bonchev–Trinajstić information content (AvgIpc) is 2.09. The van der Waals surface area contributed by atoms with E-state index in [0.29, 0.717) is 0 Å². The average molecular weight is 146 g/mol. The first-order valence-electron chi connectivity index (χ1n) is 3.38. The van der Waals surface area contributed by atoms with Crippen LogP contribution in [0.2, 0.25) is 0 Å². The third-order valence-electron chi connectivity index (χ3n) is 1.39. The summed E-state index contributed by atoms with van der Waals surface area (Å²) in [5.41, 5.74) is 1.88. The van der Waals surface area contributed by atoms with E-state index < -0.39 is 0 Å². The summed E-state index contributed by atoms with van der Waals surface area (Å²) in [4.78, 5) is 8.01. The Morgan fingerprint density at radius 1 is 1.73 bits per heavy atom. The van der Waals surface area contributed by atoms with Gasteiger partial charge in [-0.05, 0) is 18.2 Å². The normalized spacial score (nSPS) is 11.2. The number of aliphatic imine (C=N–C) groups is 1. The van der Waals surface area contributed by atoms with Crippen LogP contribution in [0.1, 0.15) is 5.56 Å². The Hall–Kier alpha value is -1.44. The second-order valence-electron chi connectivity index (χ2n) is 2.05. The zero-order chi connectivity index (χ0) is 8.10. The van der Waals surface area contributed by atoms with Crippen LogP contribution in [0.5, 0.6) is 0 Å².